The van der Waals surface area contributed by atoms with Gasteiger partial charge in [-0.1, -0.05) is 19.8 Å². The summed E-state index contributed by atoms with van der Waals surface area (Å²) in [7, 11) is 1.71. The molecule has 9 heteroatoms. The molecule has 1 aromatic carbocycles. The standard InChI is InChI=1S/C20H13BrF2N4O.C5H12O.C2H6/c21-18-4-3-17(2-1-13-9-24-11-25-10-13)27-20(18)19(26-12-28)7-14-5-15(22)8-16(23)6-14;1-5(2,3)6-4;1-2/h3-6,8-12,19H,7H2,(H,26,28);1-4H3;1-2H3. The van der Waals surface area contributed by atoms with Crippen LogP contribution in [0.25, 0.3) is 0 Å². The highest BCUT2D eigenvalue weighted by molar-refractivity contribution is 9.10. The van der Waals surface area contributed by atoms with Crippen molar-refractivity contribution >= 4 is 22.3 Å². The number of carbonyl (C=O) groups is 1. The summed E-state index contributed by atoms with van der Waals surface area (Å²) >= 11 is 3.40. The Labute approximate surface area is 220 Å². The molecule has 36 heavy (non-hydrogen) atoms. The second-order valence-corrected chi connectivity index (χ2v) is 8.93. The number of hydrogen-bond acceptors (Lipinski definition) is 5. The maximum atomic E-state index is 13.5. The number of carbonyl (C=O) groups excluding carboxylic acids is 1. The molecule has 0 aliphatic rings. The van der Waals surface area contributed by atoms with Gasteiger partial charge in [0.15, 0.2) is 0 Å². The Balaban J connectivity index is 0.000000710. The quantitative estimate of drug-likeness (QED) is 0.315. The molecule has 192 valence electrons. The van der Waals surface area contributed by atoms with Crippen LogP contribution < -0.4 is 5.32 Å². The van der Waals surface area contributed by atoms with E-state index in [1.54, 1.807) is 31.6 Å². The van der Waals surface area contributed by atoms with Gasteiger partial charge in [-0.25, -0.2) is 23.7 Å². The van der Waals surface area contributed by atoms with Crippen LogP contribution in [-0.2, 0) is 16.0 Å². The molecule has 0 spiro atoms. The maximum absolute atomic E-state index is 13.5. The van der Waals surface area contributed by atoms with Crippen LogP contribution in [0.15, 0.2) is 53.5 Å². The van der Waals surface area contributed by atoms with Gasteiger partial charge in [0.05, 0.1) is 22.9 Å². The molecule has 1 amide bonds. The molecule has 0 aliphatic carbocycles. The summed E-state index contributed by atoms with van der Waals surface area (Å²) in [5.41, 5.74) is 2.02. The van der Waals surface area contributed by atoms with E-state index in [1.165, 1.54) is 18.5 Å². The molecule has 0 radical (unpaired) electrons. The van der Waals surface area contributed by atoms with E-state index in [9.17, 15) is 13.6 Å². The predicted molar refractivity (Wildman–Crippen MR) is 140 cm³/mol. The SMILES string of the molecule is CC.COC(C)(C)C.O=CNC(Cc1cc(F)cc(F)c1)c1nc(C#Cc2cncnc2)ccc1Br. The number of halogens is 3. The van der Waals surface area contributed by atoms with Crippen LogP contribution in [0.5, 0.6) is 0 Å². The summed E-state index contributed by atoms with van der Waals surface area (Å²) in [6.45, 7) is 10.1. The summed E-state index contributed by atoms with van der Waals surface area (Å²) in [5, 5.41) is 2.64. The van der Waals surface area contributed by atoms with E-state index < -0.39 is 17.7 Å². The second-order valence-electron chi connectivity index (χ2n) is 8.08. The first kappa shape index (κ1) is 30.8. The number of nitrogens with zero attached hydrogens (tertiary/aromatic N) is 3. The van der Waals surface area contributed by atoms with Crippen molar-refractivity contribution in [2.45, 2.75) is 52.7 Å². The van der Waals surface area contributed by atoms with Crippen LogP contribution in [-0.4, -0.2) is 34.1 Å². The van der Waals surface area contributed by atoms with Crippen molar-refractivity contribution in [3.05, 3.63) is 87.7 Å². The molecule has 0 fully saturated rings. The molecule has 6 nitrogen and oxygen atoms in total. The fourth-order valence-electron chi connectivity index (χ4n) is 2.55. The Morgan fingerprint density at radius 2 is 1.67 bits per heavy atom. The summed E-state index contributed by atoms with van der Waals surface area (Å²) in [6.07, 6.45) is 5.24. The Hall–Kier alpha value is -3.22. The van der Waals surface area contributed by atoms with Crippen LogP contribution in [0, 0.1) is 23.5 Å². The van der Waals surface area contributed by atoms with Crippen LogP contribution in [0.1, 0.15) is 63.2 Å². The lowest BCUT2D eigenvalue weighted by atomic mass is 10.0. The lowest BCUT2D eigenvalue weighted by molar-refractivity contribution is -0.110. The number of amides is 1. The largest absolute Gasteiger partial charge is 0.379 e. The number of aromatic nitrogens is 3. The van der Waals surface area contributed by atoms with E-state index in [2.05, 4.69) is 48.0 Å². The van der Waals surface area contributed by atoms with Gasteiger partial charge in [0.25, 0.3) is 0 Å². The summed E-state index contributed by atoms with van der Waals surface area (Å²) < 4.78 is 32.6. The molecule has 3 aromatic rings. The lowest BCUT2D eigenvalue weighted by Gasteiger charge is -2.17. The van der Waals surface area contributed by atoms with Gasteiger partial charge in [0.2, 0.25) is 6.41 Å². The Kier molecular flexibility index (Phi) is 13.4. The molecule has 1 unspecified atom stereocenters. The molecular formula is C27H31BrF2N4O2. The predicted octanol–water partition coefficient (Wildman–Crippen LogP) is 5.80. The number of rotatable bonds is 5. The Bertz CT molecular complexity index is 1140. The molecule has 2 aromatic heterocycles. The van der Waals surface area contributed by atoms with Crippen molar-refractivity contribution in [2.75, 3.05) is 7.11 Å². The van der Waals surface area contributed by atoms with Crippen LogP contribution in [0.2, 0.25) is 0 Å². The van der Waals surface area contributed by atoms with Crippen LogP contribution in [0.3, 0.4) is 0 Å². The number of hydrogen-bond donors (Lipinski definition) is 1. The van der Waals surface area contributed by atoms with E-state index in [1.807, 2.05) is 34.6 Å². The van der Waals surface area contributed by atoms with Crippen molar-refractivity contribution in [1.82, 2.24) is 20.3 Å². The normalized spacial score (nSPS) is 10.9. The van der Waals surface area contributed by atoms with Crippen molar-refractivity contribution in [3.63, 3.8) is 0 Å². The minimum absolute atomic E-state index is 0.0417. The van der Waals surface area contributed by atoms with Crippen molar-refractivity contribution in [2.24, 2.45) is 0 Å². The van der Waals surface area contributed by atoms with Gasteiger partial charge in [-0.15, -0.1) is 0 Å². The van der Waals surface area contributed by atoms with Crippen molar-refractivity contribution in [3.8, 4) is 11.8 Å². The maximum Gasteiger partial charge on any atom is 0.207 e. The zero-order valence-electron chi connectivity index (χ0n) is 21.3. The fourth-order valence-corrected chi connectivity index (χ4v) is 3.05. The first-order chi connectivity index (χ1) is 17.1. The first-order valence-electron chi connectivity index (χ1n) is 11.2. The average molecular weight is 561 g/mol. The number of benzene rings is 1. The zero-order valence-corrected chi connectivity index (χ0v) is 22.9. The number of nitrogens with one attached hydrogen (secondary N) is 1. The number of ether oxygens (including phenoxy) is 1. The van der Waals surface area contributed by atoms with E-state index >= 15 is 0 Å². The third-order valence-corrected chi connectivity index (χ3v) is 5.01. The van der Waals surface area contributed by atoms with Crippen molar-refractivity contribution in [1.29, 1.82) is 0 Å². The molecular weight excluding hydrogens is 530 g/mol. The van der Waals surface area contributed by atoms with E-state index in [0.29, 0.717) is 33.4 Å². The third kappa shape index (κ3) is 11.5. The zero-order chi connectivity index (χ0) is 27.1. The van der Waals surface area contributed by atoms with Crippen molar-refractivity contribution < 1.29 is 18.3 Å². The minimum Gasteiger partial charge on any atom is -0.379 e. The van der Waals surface area contributed by atoms with Gasteiger partial charge in [0, 0.05) is 30.0 Å². The summed E-state index contributed by atoms with van der Waals surface area (Å²) in [6, 6.07) is 6.09. The summed E-state index contributed by atoms with van der Waals surface area (Å²) in [5.74, 6) is 4.44. The molecule has 1 N–H and O–H groups in total. The van der Waals surface area contributed by atoms with Gasteiger partial charge in [-0.2, -0.15) is 0 Å². The van der Waals surface area contributed by atoms with Gasteiger partial charge in [0.1, 0.15) is 23.7 Å². The second kappa shape index (κ2) is 15.7. The van der Waals surface area contributed by atoms with E-state index in [0.717, 1.165) is 6.07 Å². The molecule has 1 atom stereocenters. The molecule has 2 heterocycles. The highest BCUT2D eigenvalue weighted by Gasteiger charge is 2.18. The Morgan fingerprint density at radius 3 is 2.19 bits per heavy atom. The highest BCUT2D eigenvalue weighted by Crippen LogP contribution is 2.25. The van der Waals surface area contributed by atoms with Crippen LogP contribution >= 0.6 is 15.9 Å². The third-order valence-electron chi connectivity index (χ3n) is 4.34. The Morgan fingerprint density at radius 1 is 1.08 bits per heavy atom. The molecule has 0 aliphatic heterocycles. The molecule has 3 rings (SSSR count). The van der Waals surface area contributed by atoms with Gasteiger partial charge in [-0.3, -0.25) is 4.79 Å². The number of methoxy groups -OCH3 is 1. The van der Waals surface area contributed by atoms with Crippen LogP contribution in [0.4, 0.5) is 8.78 Å². The smallest absolute Gasteiger partial charge is 0.207 e. The monoisotopic (exact) mass is 560 g/mol. The topological polar surface area (TPSA) is 77.0 Å². The van der Waals surface area contributed by atoms with E-state index in [4.69, 9.17) is 4.74 Å². The summed E-state index contributed by atoms with van der Waals surface area (Å²) in [4.78, 5) is 23.3. The highest BCUT2D eigenvalue weighted by atomic mass is 79.9. The minimum atomic E-state index is -0.684. The van der Waals surface area contributed by atoms with E-state index in [-0.39, 0.29) is 12.0 Å². The molecule has 0 saturated carbocycles. The van der Waals surface area contributed by atoms with Gasteiger partial charge in [-0.05, 0) is 78.9 Å². The molecule has 0 bridgehead atoms. The first-order valence-corrected chi connectivity index (χ1v) is 12.0. The average Bonchev–Trinajstić information content (AvgIpc) is 2.84. The number of pyridine rings is 1. The fraction of sp³-hybridized carbons (Fsp3) is 0.333. The molecule has 0 saturated heterocycles. The van der Waals surface area contributed by atoms with Gasteiger partial charge >= 0.3 is 0 Å². The van der Waals surface area contributed by atoms with Gasteiger partial charge < -0.3 is 10.1 Å². The lowest BCUT2D eigenvalue weighted by Crippen LogP contribution is -2.23.